The molecule has 0 bridgehead atoms. The molecule has 0 radical (unpaired) electrons. The number of rotatable bonds is 4. The minimum atomic E-state index is -4.38. The maximum absolute atomic E-state index is 12.6. The quantitative estimate of drug-likeness (QED) is 0.619. The van der Waals surface area contributed by atoms with Crippen molar-refractivity contribution in [3.63, 3.8) is 0 Å². The van der Waals surface area contributed by atoms with Crippen molar-refractivity contribution >= 4 is 23.0 Å². The van der Waals surface area contributed by atoms with E-state index in [1.165, 1.54) is 11.3 Å². The first-order chi connectivity index (χ1) is 13.4. The standard InChI is InChI=1S/C19H24F3N5S/c1-14-4-3-5-15(12-14)26-8-10-27(11-9-26)18(23-2)24-7-6-17-25-16(13-28-17)19(20,21)22/h3-5,12-13H,6-11H2,1-2H3,(H,23,24). The minimum absolute atomic E-state index is 0.434. The van der Waals surface area contributed by atoms with Gasteiger partial charge < -0.3 is 15.1 Å². The van der Waals surface area contributed by atoms with Gasteiger partial charge in [0.15, 0.2) is 11.7 Å². The van der Waals surface area contributed by atoms with E-state index in [0.717, 1.165) is 48.9 Å². The van der Waals surface area contributed by atoms with Crippen molar-refractivity contribution in [1.29, 1.82) is 0 Å². The second kappa shape index (κ2) is 8.81. The predicted molar refractivity (Wildman–Crippen MR) is 107 cm³/mol. The van der Waals surface area contributed by atoms with E-state index in [1.807, 2.05) is 0 Å². The Labute approximate surface area is 166 Å². The lowest BCUT2D eigenvalue weighted by Gasteiger charge is -2.37. The van der Waals surface area contributed by atoms with Crippen molar-refractivity contribution in [3.05, 3.63) is 45.9 Å². The Morgan fingerprint density at radius 1 is 1.25 bits per heavy atom. The molecule has 0 spiro atoms. The van der Waals surface area contributed by atoms with Crippen LogP contribution >= 0.6 is 11.3 Å². The zero-order chi connectivity index (χ0) is 20.1. The fraction of sp³-hybridized carbons (Fsp3) is 0.474. The lowest BCUT2D eigenvalue weighted by atomic mass is 10.2. The van der Waals surface area contributed by atoms with Gasteiger partial charge in [-0.3, -0.25) is 4.99 Å². The van der Waals surface area contributed by atoms with Gasteiger partial charge in [-0.25, -0.2) is 4.98 Å². The van der Waals surface area contributed by atoms with Crippen LogP contribution in [0.15, 0.2) is 34.6 Å². The fourth-order valence-electron chi connectivity index (χ4n) is 3.17. The van der Waals surface area contributed by atoms with E-state index in [1.54, 1.807) is 7.05 Å². The molecule has 1 aromatic heterocycles. The number of nitrogens with one attached hydrogen (secondary N) is 1. The number of benzene rings is 1. The summed E-state index contributed by atoms with van der Waals surface area (Å²) >= 11 is 1.04. The Kier molecular flexibility index (Phi) is 6.43. The third-order valence-corrected chi connectivity index (χ3v) is 5.53. The molecule has 0 aliphatic carbocycles. The lowest BCUT2D eigenvalue weighted by molar-refractivity contribution is -0.140. The summed E-state index contributed by atoms with van der Waals surface area (Å²) in [6.45, 7) is 6.05. The molecule has 28 heavy (non-hydrogen) atoms. The van der Waals surface area contributed by atoms with Crippen LogP contribution in [0.25, 0.3) is 0 Å². The highest BCUT2D eigenvalue weighted by Crippen LogP contribution is 2.30. The zero-order valence-electron chi connectivity index (χ0n) is 16.0. The molecule has 1 N–H and O–H groups in total. The molecule has 0 amide bonds. The summed E-state index contributed by atoms with van der Waals surface area (Å²) in [4.78, 5) is 12.5. The molecule has 1 fully saturated rings. The van der Waals surface area contributed by atoms with Crippen LogP contribution in [0.4, 0.5) is 18.9 Å². The Morgan fingerprint density at radius 2 is 2.00 bits per heavy atom. The number of halogens is 3. The summed E-state index contributed by atoms with van der Waals surface area (Å²) < 4.78 is 37.9. The number of piperazine rings is 1. The van der Waals surface area contributed by atoms with E-state index in [0.29, 0.717) is 18.0 Å². The van der Waals surface area contributed by atoms with Crippen LogP contribution in [0, 0.1) is 6.92 Å². The molecule has 3 rings (SSSR count). The van der Waals surface area contributed by atoms with Crippen molar-refractivity contribution in [3.8, 4) is 0 Å². The highest BCUT2D eigenvalue weighted by Gasteiger charge is 2.33. The van der Waals surface area contributed by atoms with E-state index < -0.39 is 11.9 Å². The number of thiazole rings is 1. The maximum Gasteiger partial charge on any atom is 0.434 e. The number of anilines is 1. The summed E-state index contributed by atoms with van der Waals surface area (Å²) in [6.07, 6.45) is -3.95. The third kappa shape index (κ3) is 5.15. The number of guanidine groups is 1. The SMILES string of the molecule is CN=C(NCCc1nc(C(F)(F)F)cs1)N1CCN(c2cccc(C)c2)CC1. The first kappa shape index (κ1) is 20.4. The second-order valence-electron chi connectivity index (χ2n) is 6.66. The van der Waals surface area contributed by atoms with Crippen LogP contribution in [0.2, 0.25) is 0 Å². The average Bonchev–Trinajstić information content (AvgIpc) is 3.15. The Hall–Kier alpha value is -2.29. The normalized spacial score (nSPS) is 15.8. The molecule has 9 heteroatoms. The fourth-order valence-corrected chi connectivity index (χ4v) is 3.98. The zero-order valence-corrected chi connectivity index (χ0v) is 16.8. The van der Waals surface area contributed by atoms with Crippen LogP contribution in [0.1, 0.15) is 16.3 Å². The van der Waals surface area contributed by atoms with Crippen molar-refractivity contribution < 1.29 is 13.2 Å². The van der Waals surface area contributed by atoms with E-state index in [4.69, 9.17) is 0 Å². The van der Waals surface area contributed by atoms with Gasteiger partial charge in [0, 0.05) is 57.3 Å². The highest BCUT2D eigenvalue weighted by atomic mass is 32.1. The van der Waals surface area contributed by atoms with Crippen LogP contribution in [0.5, 0.6) is 0 Å². The number of aryl methyl sites for hydroxylation is 1. The lowest BCUT2D eigenvalue weighted by Crippen LogP contribution is -2.52. The second-order valence-corrected chi connectivity index (χ2v) is 7.60. The number of aliphatic imine (C=N–C) groups is 1. The summed E-state index contributed by atoms with van der Waals surface area (Å²) in [5.74, 6) is 0.775. The van der Waals surface area contributed by atoms with Gasteiger partial charge in [0.1, 0.15) is 0 Å². The van der Waals surface area contributed by atoms with Crippen LogP contribution in [-0.2, 0) is 12.6 Å². The largest absolute Gasteiger partial charge is 0.434 e. The molecule has 0 atom stereocenters. The summed E-state index contributed by atoms with van der Waals surface area (Å²) in [6, 6.07) is 8.47. The molecule has 0 saturated carbocycles. The number of alkyl halides is 3. The maximum atomic E-state index is 12.6. The van der Waals surface area contributed by atoms with Crippen molar-refractivity contribution in [2.45, 2.75) is 19.5 Å². The van der Waals surface area contributed by atoms with Gasteiger partial charge in [-0.2, -0.15) is 13.2 Å². The molecule has 1 aromatic carbocycles. The van der Waals surface area contributed by atoms with E-state index in [9.17, 15) is 13.2 Å². The van der Waals surface area contributed by atoms with Crippen molar-refractivity contribution in [2.75, 3.05) is 44.7 Å². The van der Waals surface area contributed by atoms with E-state index in [-0.39, 0.29) is 0 Å². The topological polar surface area (TPSA) is 43.8 Å². The van der Waals surface area contributed by atoms with Gasteiger partial charge in [-0.1, -0.05) is 12.1 Å². The van der Waals surface area contributed by atoms with Gasteiger partial charge in [0.2, 0.25) is 0 Å². The molecule has 5 nitrogen and oxygen atoms in total. The van der Waals surface area contributed by atoms with Gasteiger partial charge in [-0.15, -0.1) is 11.3 Å². The van der Waals surface area contributed by atoms with Gasteiger partial charge in [-0.05, 0) is 24.6 Å². The van der Waals surface area contributed by atoms with Crippen molar-refractivity contribution in [1.82, 2.24) is 15.2 Å². The van der Waals surface area contributed by atoms with Gasteiger partial charge in [0.05, 0.1) is 5.01 Å². The number of hydrogen-bond donors (Lipinski definition) is 1. The summed E-state index contributed by atoms with van der Waals surface area (Å²) in [7, 11) is 1.72. The van der Waals surface area contributed by atoms with Crippen LogP contribution < -0.4 is 10.2 Å². The van der Waals surface area contributed by atoms with Gasteiger partial charge >= 0.3 is 6.18 Å². The smallest absolute Gasteiger partial charge is 0.368 e. The Bertz CT molecular complexity index is 810. The molecule has 2 aromatic rings. The minimum Gasteiger partial charge on any atom is -0.368 e. The summed E-state index contributed by atoms with van der Waals surface area (Å²) in [5.41, 5.74) is 1.66. The molecule has 2 heterocycles. The predicted octanol–water partition coefficient (Wildman–Crippen LogP) is 3.41. The molecular weight excluding hydrogens is 387 g/mol. The number of hydrogen-bond acceptors (Lipinski definition) is 4. The summed E-state index contributed by atoms with van der Waals surface area (Å²) in [5, 5.41) is 4.78. The molecule has 0 unspecified atom stereocenters. The van der Waals surface area contributed by atoms with E-state index in [2.05, 4.69) is 56.3 Å². The number of aromatic nitrogens is 1. The van der Waals surface area contributed by atoms with Crippen molar-refractivity contribution in [2.24, 2.45) is 4.99 Å². The highest BCUT2D eigenvalue weighted by molar-refractivity contribution is 7.09. The first-order valence-electron chi connectivity index (χ1n) is 9.15. The van der Waals surface area contributed by atoms with Gasteiger partial charge in [0.25, 0.3) is 0 Å². The number of nitrogens with zero attached hydrogens (tertiary/aromatic N) is 4. The molecule has 152 valence electrons. The van der Waals surface area contributed by atoms with E-state index >= 15 is 0 Å². The Morgan fingerprint density at radius 3 is 2.61 bits per heavy atom. The Balaban J connectivity index is 1.48. The van der Waals surface area contributed by atoms with Crippen LogP contribution in [-0.4, -0.2) is 55.6 Å². The average molecular weight is 411 g/mol. The molecule has 1 saturated heterocycles. The molecular formula is C19H24F3N5S. The first-order valence-corrected chi connectivity index (χ1v) is 10.0. The monoisotopic (exact) mass is 411 g/mol. The molecule has 1 aliphatic rings. The third-order valence-electron chi connectivity index (χ3n) is 4.62. The van der Waals surface area contributed by atoms with Crippen LogP contribution in [0.3, 0.4) is 0 Å². The molecule has 1 aliphatic heterocycles.